The molecule has 0 unspecified atom stereocenters. The van der Waals surface area contributed by atoms with E-state index in [9.17, 15) is 24.0 Å². The molecule has 1 saturated heterocycles. The van der Waals surface area contributed by atoms with Gasteiger partial charge in [0, 0.05) is 16.1 Å². The lowest BCUT2D eigenvalue weighted by atomic mass is 9.84. The summed E-state index contributed by atoms with van der Waals surface area (Å²) in [6.45, 7) is -0.859. The minimum atomic E-state index is -2.22. The van der Waals surface area contributed by atoms with Crippen LogP contribution in [-0.4, -0.2) is 60.1 Å². The van der Waals surface area contributed by atoms with Crippen LogP contribution < -0.4 is 4.74 Å². The van der Waals surface area contributed by atoms with Crippen molar-refractivity contribution < 1.29 is 28.7 Å². The van der Waals surface area contributed by atoms with Gasteiger partial charge in [0.15, 0.2) is 10.1 Å². The molecule has 0 N–H and O–H groups in total. The number of hydrogen-bond donors (Lipinski definition) is 0. The van der Waals surface area contributed by atoms with Crippen molar-refractivity contribution in [1.29, 1.82) is 0 Å². The van der Waals surface area contributed by atoms with Gasteiger partial charge in [-0.15, -0.1) is 23.2 Å². The van der Waals surface area contributed by atoms with E-state index < -0.39 is 61.9 Å². The van der Waals surface area contributed by atoms with E-state index in [1.165, 1.54) is 60.7 Å². The van der Waals surface area contributed by atoms with Gasteiger partial charge in [0.2, 0.25) is 0 Å². The molecule has 1 heterocycles. The molecule has 254 valence electrons. The van der Waals surface area contributed by atoms with Crippen LogP contribution >= 0.6 is 116 Å². The zero-order chi connectivity index (χ0) is 36.0. The fraction of sp³-hybridized carbons (Fsp3) is 0.194. The number of Topliss-reactive ketones (excluding diaryl/α,β-unsaturated/α-hetero) is 1. The Labute approximate surface area is 327 Å². The SMILES string of the molecule is O=C(CN(C(=O)c1ccc(Cl)c(Cl)c1)N1C(=O)[C@@H]2[C@@H](C1=O)[C@@]1(Cl)C(Cl)=C(Cl)[C@@]2(Cl)C1(Cl)Cl)c1ccc(OC(=O)c2ccc(Cl)cc2Cl)cc1. The fourth-order valence-electron chi connectivity index (χ4n) is 5.98. The number of fused-ring (bicyclic) bond motifs is 5. The number of carbonyl (C=O) groups excluding carboxylic acids is 5. The summed E-state index contributed by atoms with van der Waals surface area (Å²) in [6, 6.07) is 13.3. The molecular formula is C31H14Cl10N2O6. The van der Waals surface area contributed by atoms with Crippen LogP contribution in [0.15, 0.2) is 70.7 Å². The number of allylic oxidation sites excluding steroid dienone is 2. The number of imide groups is 1. The van der Waals surface area contributed by atoms with Crippen LogP contribution in [-0.2, 0) is 9.59 Å². The molecule has 6 rings (SSSR count). The number of halogens is 10. The smallest absolute Gasteiger partial charge is 0.345 e. The van der Waals surface area contributed by atoms with E-state index in [-0.39, 0.29) is 47.6 Å². The Morgan fingerprint density at radius 3 is 1.78 bits per heavy atom. The maximum atomic E-state index is 14.1. The summed E-state index contributed by atoms with van der Waals surface area (Å²) in [7, 11) is 0. The Balaban J connectivity index is 1.32. The molecule has 2 bridgehead atoms. The Kier molecular flexibility index (Phi) is 9.71. The number of rotatable bonds is 7. The zero-order valence-corrected chi connectivity index (χ0v) is 31.3. The average molecular weight is 865 g/mol. The summed E-state index contributed by atoms with van der Waals surface area (Å²) >= 11 is 63.8. The first kappa shape index (κ1) is 36.8. The van der Waals surface area contributed by atoms with E-state index in [4.69, 9.17) is 121 Å². The van der Waals surface area contributed by atoms with Gasteiger partial charge < -0.3 is 4.74 Å². The first-order valence-electron chi connectivity index (χ1n) is 13.6. The van der Waals surface area contributed by atoms with E-state index in [2.05, 4.69) is 0 Å². The van der Waals surface area contributed by atoms with Gasteiger partial charge in [0.05, 0.1) is 42.5 Å². The molecule has 3 aromatic carbocycles. The number of hydrogen-bond acceptors (Lipinski definition) is 6. The summed E-state index contributed by atoms with van der Waals surface area (Å²) in [5.41, 5.74) is -0.0754. The Hall–Kier alpha value is -1.95. The standard InChI is InChI=1S/C31H14Cl10N2O6/c32-14-4-7-16(18(34)10-14)28(48)49-15-5-1-12(2-6-15)20(44)11-42(25(45)13-3-8-17(33)19(35)9-13)43-26(46)21-22(27(43)47)30(39)24(37)23(36)29(21,38)31(30,40)41/h1-10,21-22H,11H2/t21-,22-,29+,30+/m0/s1. The number of amides is 3. The molecule has 1 aliphatic heterocycles. The lowest BCUT2D eigenvalue weighted by molar-refractivity contribution is -0.154. The van der Waals surface area contributed by atoms with Crippen LogP contribution in [0, 0.1) is 11.8 Å². The topological polar surface area (TPSA) is 101 Å². The number of carbonyl (C=O) groups is 5. The van der Waals surface area contributed by atoms with Crippen molar-refractivity contribution in [2.45, 2.75) is 14.1 Å². The molecule has 3 amide bonds. The van der Waals surface area contributed by atoms with Gasteiger partial charge in [-0.05, 0) is 60.7 Å². The first-order chi connectivity index (χ1) is 22.9. The van der Waals surface area contributed by atoms with Gasteiger partial charge in [-0.25, -0.2) is 9.80 Å². The van der Waals surface area contributed by atoms with Crippen LogP contribution in [0.5, 0.6) is 5.75 Å². The van der Waals surface area contributed by atoms with Gasteiger partial charge in [-0.3, -0.25) is 19.2 Å². The monoisotopic (exact) mass is 860 g/mol. The molecule has 8 nitrogen and oxygen atoms in total. The quantitative estimate of drug-likeness (QED) is 0.0773. The molecule has 0 aromatic heterocycles. The molecular weight excluding hydrogens is 851 g/mol. The van der Waals surface area contributed by atoms with E-state index in [1.54, 1.807) is 0 Å². The van der Waals surface area contributed by atoms with Crippen molar-refractivity contribution in [3.8, 4) is 5.75 Å². The highest BCUT2D eigenvalue weighted by atomic mass is 35.5. The van der Waals surface area contributed by atoms with Crippen LogP contribution in [0.4, 0.5) is 0 Å². The van der Waals surface area contributed by atoms with Crippen molar-refractivity contribution in [2.75, 3.05) is 6.54 Å². The second kappa shape index (κ2) is 12.9. The van der Waals surface area contributed by atoms with Crippen LogP contribution in [0.25, 0.3) is 0 Å². The fourth-order valence-corrected chi connectivity index (χ4v) is 9.70. The highest BCUT2D eigenvalue weighted by Crippen LogP contribution is 2.77. The van der Waals surface area contributed by atoms with Gasteiger partial charge in [-0.1, -0.05) is 92.8 Å². The Morgan fingerprint density at radius 2 is 1.24 bits per heavy atom. The lowest BCUT2D eigenvalue weighted by Gasteiger charge is -2.36. The summed E-state index contributed by atoms with van der Waals surface area (Å²) in [4.78, 5) is 64.2. The summed E-state index contributed by atoms with van der Waals surface area (Å²) in [5, 5.41) is 0.896. The maximum Gasteiger partial charge on any atom is 0.345 e. The number of ether oxygens (including phenoxy) is 1. The minimum Gasteiger partial charge on any atom is -0.423 e. The van der Waals surface area contributed by atoms with Crippen molar-refractivity contribution in [3.05, 3.63) is 108 Å². The van der Waals surface area contributed by atoms with Crippen molar-refractivity contribution in [3.63, 3.8) is 0 Å². The normalized spacial score (nSPS) is 25.1. The maximum absolute atomic E-state index is 14.1. The average Bonchev–Trinajstić information content (AvgIpc) is 3.43. The third-order valence-corrected chi connectivity index (χ3v) is 13.9. The van der Waals surface area contributed by atoms with Crippen molar-refractivity contribution >= 4 is 145 Å². The van der Waals surface area contributed by atoms with Crippen LogP contribution in [0.2, 0.25) is 20.1 Å². The predicted octanol–water partition coefficient (Wildman–Crippen LogP) is 9.21. The largest absolute Gasteiger partial charge is 0.423 e. The summed E-state index contributed by atoms with van der Waals surface area (Å²) in [6.07, 6.45) is 0. The second-order valence-electron chi connectivity index (χ2n) is 11.0. The molecule has 1 saturated carbocycles. The summed E-state index contributed by atoms with van der Waals surface area (Å²) in [5.74, 6) is -7.76. The number of benzene rings is 3. The number of hydrazine groups is 1. The van der Waals surface area contributed by atoms with Gasteiger partial charge in [-0.2, -0.15) is 5.01 Å². The number of nitrogens with zero attached hydrogens (tertiary/aromatic N) is 2. The van der Waals surface area contributed by atoms with Crippen molar-refractivity contribution in [1.82, 2.24) is 10.0 Å². The number of esters is 1. The van der Waals surface area contributed by atoms with Gasteiger partial charge >= 0.3 is 5.97 Å². The molecule has 0 spiro atoms. The molecule has 4 atom stereocenters. The lowest BCUT2D eigenvalue weighted by Crippen LogP contribution is -2.56. The van der Waals surface area contributed by atoms with Crippen molar-refractivity contribution in [2.24, 2.45) is 11.8 Å². The molecule has 2 fully saturated rings. The van der Waals surface area contributed by atoms with Gasteiger partial charge in [0.1, 0.15) is 22.0 Å². The molecule has 3 aromatic rings. The van der Waals surface area contributed by atoms with E-state index in [0.717, 1.165) is 0 Å². The zero-order valence-electron chi connectivity index (χ0n) is 23.8. The third-order valence-electron chi connectivity index (χ3n) is 8.36. The van der Waals surface area contributed by atoms with E-state index in [0.29, 0.717) is 15.0 Å². The molecule has 3 aliphatic rings. The summed E-state index contributed by atoms with van der Waals surface area (Å²) < 4.78 is 3.13. The van der Waals surface area contributed by atoms with Gasteiger partial charge in [0.25, 0.3) is 17.7 Å². The third kappa shape index (κ3) is 5.45. The Bertz CT molecular complexity index is 1990. The second-order valence-corrected chi connectivity index (χ2v) is 16.0. The minimum absolute atomic E-state index is 0.00605. The first-order valence-corrected chi connectivity index (χ1v) is 17.4. The molecule has 2 aliphatic carbocycles. The van der Waals surface area contributed by atoms with E-state index >= 15 is 0 Å². The number of alkyl halides is 4. The highest BCUT2D eigenvalue weighted by molar-refractivity contribution is 6.67. The van der Waals surface area contributed by atoms with E-state index in [1.807, 2.05) is 0 Å². The van der Waals surface area contributed by atoms with Crippen LogP contribution in [0.1, 0.15) is 31.1 Å². The highest BCUT2D eigenvalue weighted by Gasteiger charge is 2.88. The molecule has 49 heavy (non-hydrogen) atoms. The molecule has 18 heteroatoms. The molecule has 0 radical (unpaired) electrons. The van der Waals surface area contributed by atoms with Crippen LogP contribution in [0.3, 0.4) is 0 Å². The predicted molar refractivity (Wildman–Crippen MR) is 189 cm³/mol. The Morgan fingerprint density at radius 1 is 0.694 bits per heavy atom. The number of ketones is 1.